The molecule has 1 aliphatic heterocycles. The number of unbranched alkanes of at least 4 members (excludes halogenated alkanes) is 1. The van der Waals surface area contributed by atoms with Crippen molar-refractivity contribution in [3.05, 3.63) is 77.6 Å². The minimum Gasteiger partial charge on any atom is -0.351 e. The van der Waals surface area contributed by atoms with E-state index in [1.807, 2.05) is 42.5 Å². The van der Waals surface area contributed by atoms with Crippen LogP contribution in [0.3, 0.4) is 0 Å². The molecule has 1 aromatic heterocycles. The molecule has 1 aliphatic rings. The van der Waals surface area contributed by atoms with Gasteiger partial charge in [-0.3, -0.25) is 4.79 Å². The lowest BCUT2D eigenvalue weighted by Crippen LogP contribution is -2.25. The molecular formula is C22H20N4OS. The van der Waals surface area contributed by atoms with E-state index in [-0.39, 0.29) is 11.6 Å². The molecule has 0 atom stereocenters. The average molecular weight is 388 g/mol. The van der Waals surface area contributed by atoms with Crippen LogP contribution in [0.5, 0.6) is 0 Å². The molecular weight excluding hydrogens is 368 g/mol. The minimum absolute atomic E-state index is 0.216. The van der Waals surface area contributed by atoms with Gasteiger partial charge in [-0.15, -0.1) is 0 Å². The van der Waals surface area contributed by atoms with E-state index in [1.165, 1.54) is 18.0 Å². The van der Waals surface area contributed by atoms with Gasteiger partial charge in [0.05, 0.1) is 11.9 Å². The molecule has 0 spiro atoms. The molecule has 0 saturated heterocycles. The van der Waals surface area contributed by atoms with Crippen molar-refractivity contribution in [3.8, 4) is 0 Å². The highest BCUT2D eigenvalue weighted by atomic mass is 32.2. The third kappa shape index (κ3) is 3.82. The van der Waals surface area contributed by atoms with Gasteiger partial charge >= 0.3 is 0 Å². The first-order valence-electron chi connectivity index (χ1n) is 9.33. The highest BCUT2D eigenvalue weighted by molar-refractivity contribution is 7.99. The van der Waals surface area contributed by atoms with Crippen LogP contribution in [-0.4, -0.2) is 28.1 Å². The molecule has 28 heavy (non-hydrogen) atoms. The van der Waals surface area contributed by atoms with E-state index in [4.69, 9.17) is 4.99 Å². The lowest BCUT2D eigenvalue weighted by atomic mass is 10.0. The Labute approximate surface area is 168 Å². The summed E-state index contributed by atoms with van der Waals surface area (Å²) in [5.74, 6) is 0.259. The first kappa shape index (κ1) is 18.4. The number of carbonyl (C=O) groups is 1. The third-order valence-corrected chi connectivity index (χ3v) is 5.44. The topological polar surface area (TPSA) is 67.2 Å². The van der Waals surface area contributed by atoms with Crippen molar-refractivity contribution in [1.82, 2.24) is 15.3 Å². The molecule has 0 unspecified atom stereocenters. The number of hydrogen-bond acceptors (Lipinski definition) is 5. The molecule has 4 rings (SSSR count). The van der Waals surface area contributed by atoms with Crippen molar-refractivity contribution in [2.45, 2.75) is 29.7 Å². The number of fused-ring (bicyclic) bond motifs is 2. The highest BCUT2D eigenvalue weighted by Crippen LogP contribution is 2.38. The van der Waals surface area contributed by atoms with E-state index >= 15 is 0 Å². The van der Waals surface area contributed by atoms with Crippen LogP contribution >= 0.6 is 11.8 Å². The Morgan fingerprint density at radius 2 is 1.86 bits per heavy atom. The summed E-state index contributed by atoms with van der Waals surface area (Å²) in [6, 6.07) is 18.1. The van der Waals surface area contributed by atoms with Crippen LogP contribution in [0.2, 0.25) is 0 Å². The number of carbonyl (C=O) groups excluding carboxylic acids is 1. The zero-order valence-corrected chi connectivity index (χ0v) is 16.4. The number of rotatable bonds is 5. The normalized spacial score (nSPS) is 12.4. The van der Waals surface area contributed by atoms with E-state index in [0.717, 1.165) is 34.6 Å². The molecule has 6 heteroatoms. The van der Waals surface area contributed by atoms with E-state index in [9.17, 15) is 4.79 Å². The van der Waals surface area contributed by atoms with Crippen LogP contribution in [0, 0.1) is 0 Å². The second-order valence-electron chi connectivity index (χ2n) is 6.42. The molecule has 3 aromatic rings. The van der Waals surface area contributed by atoms with E-state index in [1.54, 1.807) is 0 Å². The minimum atomic E-state index is -0.216. The van der Waals surface area contributed by atoms with Crippen LogP contribution in [0.15, 0.2) is 75.7 Å². The Balaban J connectivity index is 1.78. The molecule has 5 nitrogen and oxygen atoms in total. The van der Waals surface area contributed by atoms with Crippen LogP contribution < -0.4 is 5.32 Å². The monoisotopic (exact) mass is 388 g/mol. The molecule has 0 fully saturated rings. The lowest BCUT2D eigenvalue weighted by Gasteiger charge is -2.08. The molecule has 0 radical (unpaired) electrons. The summed E-state index contributed by atoms with van der Waals surface area (Å²) in [7, 11) is 0. The van der Waals surface area contributed by atoms with Gasteiger partial charge in [0.1, 0.15) is 10.7 Å². The summed E-state index contributed by atoms with van der Waals surface area (Å²) in [5, 5.41) is 3.58. The Bertz CT molecular complexity index is 1030. The van der Waals surface area contributed by atoms with Gasteiger partial charge in [0.25, 0.3) is 5.91 Å². The van der Waals surface area contributed by atoms with Crippen molar-refractivity contribution in [2.24, 2.45) is 4.99 Å². The van der Waals surface area contributed by atoms with Gasteiger partial charge in [0.15, 0.2) is 5.82 Å². The number of nitrogens with zero attached hydrogens (tertiary/aromatic N) is 3. The van der Waals surface area contributed by atoms with Crippen molar-refractivity contribution in [3.63, 3.8) is 0 Å². The first-order chi connectivity index (χ1) is 13.8. The Morgan fingerprint density at radius 1 is 1.07 bits per heavy atom. The zero-order chi connectivity index (χ0) is 19.3. The molecule has 2 heterocycles. The Kier molecular flexibility index (Phi) is 5.48. The predicted octanol–water partition coefficient (Wildman–Crippen LogP) is 4.64. The highest BCUT2D eigenvalue weighted by Gasteiger charge is 2.21. The largest absolute Gasteiger partial charge is 0.351 e. The van der Waals surface area contributed by atoms with Crippen LogP contribution in [-0.2, 0) is 0 Å². The van der Waals surface area contributed by atoms with Gasteiger partial charge in [-0.1, -0.05) is 73.6 Å². The molecule has 1 N–H and O–H groups in total. The van der Waals surface area contributed by atoms with Crippen molar-refractivity contribution >= 4 is 29.2 Å². The number of hydrogen-bond donors (Lipinski definition) is 1. The van der Waals surface area contributed by atoms with Gasteiger partial charge in [0, 0.05) is 22.6 Å². The van der Waals surface area contributed by atoms with E-state index in [2.05, 4.69) is 34.3 Å². The molecule has 140 valence electrons. The van der Waals surface area contributed by atoms with Gasteiger partial charge < -0.3 is 5.32 Å². The molecule has 2 aromatic carbocycles. The number of amides is 1. The zero-order valence-electron chi connectivity index (χ0n) is 15.6. The van der Waals surface area contributed by atoms with Crippen molar-refractivity contribution in [1.29, 1.82) is 0 Å². The SMILES string of the molecule is CCCCNC(=O)c1cnc2c(n1)N=C(c1ccccc1)c1ccccc1S2. The number of nitrogens with one attached hydrogen (secondary N) is 1. The lowest BCUT2D eigenvalue weighted by molar-refractivity contribution is 0.0947. The van der Waals surface area contributed by atoms with E-state index < -0.39 is 0 Å². The first-order valence-corrected chi connectivity index (χ1v) is 10.1. The fourth-order valence-electron chi connectivity index (χ4n) is 2.93. The molecule has 1 amide bonds. The second-order valence-corrected chi connectivity index (χ2v) is 7.45. The van der Waals surface area contributed by atoms with Gasteiger partial charge in [-0.25, -0.2) is 15.0 Å². The summed E-state index contributed by atoms with van der Waals surface area (Å²) in [5.41, 5.74) is 3.16. The standard InChI is InChI=1S/C22H20N4OS/c1-2-3-13-23-21(27)17-14-24-22-20(25-17)26-19(15-9-5-4-6-10-15)16-11-7-8-12-18(16)28-22/h4-12,14H,2-3,13H2,1H3,(H,23,27). The number of aliphatic imine (C=N–C) groups is 1. The van der Waals surface area contributed by atoms with Crippen LogP contribution in [0.25, 0.3) is 0 Å². The molecule has 0 aliphatic carbocycles. The number of aromatic nitrogens is 2. The maximum Gasteiger partial charge on any atom is 0.271 e. The quantitative estimate of drug-likeness (QED) is 0.506. The fraction of sp³-hybridized carbons (Fsp3) is 0.182. The van der Waals surface area contributed by atoms with Gasteiger partial charge in [-0.05, 0) is 12.5 Å². The van der Waals surface area contributed by atoms with Crippen LogP contribution in [0.1, 0.15) is 41.4 Å². The molecule has 0 bridgehead atoms. The summed E-state index contributed by atoms with van der Waals surface area (Å²) in [4.78, 5) is 27.3. The summed E-state index contributed by atoms with van der Waals surface area (Å²) in [6.45, 7) is 2.72. The van der Waals surface area contributed by atoms with Crippen LogP contribution in [0.4, 0.5) is 5.82 Å². The predicted molar refractivity (Wildman–Crippen MR) is 112 cm³/mol. The Morgan fingerprint density at radius 3 is 2.68 bits per heavy atom. The second kappa shape index (κ2) is 8.35. The maximum absolute atomic E-state index is 12.4. The van der Waals surface area contributed by atoms with Crippen molar-refractivity contribution < 1.29 is 4.79 Å². The number of benzene rings is 2. The average Bonchev–Trinajstić information content (AvgIpc) is 2.90. The fourth-order valence-corrected chi connectivity index (χ4v) is 3.85. The third-order valence-electron chi connectivity index (χ3n) is 4.38. The van der Waals surface area contributed by atoms with Gasteiger partial charge in [0.2, 0.25) is 0 Å². The smallest absolute Gasteiger partial charge is 0.271 e. The maximum atomic E-state index is 12.4. The van der Waals surface area contributed by atoms with E-state index in [0.29, 0.717) is 17.4 Å². The summed E-state index contributed by atoms with van der Waals surface area (Å²) in [6.07, 6.45) is 3.49. The Hall–Kier alpha value is -2.99. The van der Waals surface area contributed by atoms with Crippen molar-refractivity contribution in [2.75, 3.05) is 6.54 Å². The van der Waals surface area contributed by atoms with Gasteiger partial charge in [-0.2, -0.15) is 0 Å². The summed E-state index contributed by atoms with van der Waals surface area (Å²) >= 11 is 1.52. The summed E-state index contributed by atoms with van der Waals surface area (Å²) < 4.78 is 0. The molecule has 0 saturated carbocycles.